The fourth-order valence-electron chi connectivity index (χ4n) is 18.0. The van der Waals surface area contributed by atoms with Crippen LogP contribution >= 0.6 is 0 Å². The Morgan fingerprint density at radius 1 is 0.180 bits per heavy atom. The predicted molar refractivity (Wildman–Crippen MR) is 507 cm³/mol. The average Bonchev–Trinajstić information content (AvgIpc) is 1.75. The minimum Gasteiger partial charge on any atom is -0.310 e. The number of hydrogen-bond donors (Lipinski definition) is 0. The minimum absolute atomic E-state index is 0.860. The molecule has 0 aliphatic rings. The highest BCUT2D eigenvalue weighted by atomic mass is 15.2. The van der Waals surface area contributed by atoms with Crippen molar-refractivity contribution >= 4 is 133 Å². The Bertz CT molecular complexity index is 8080. The molecule has 0 radical (unpaired) electrons. The van der Waals surface area contributed by atoms with Crippen LogP contribution in [0.25, 0.3) is 177 Å². The zero-order valence-electron chi connectivity index (χ0n) is 66.2. The molecule has 24 aromatic rings. The third kappa shape index (κ3) is 12.4. The van der Waals surface area contributed by atoms with Gasteiger partial charge in [-0.05, 0) is 196 Å². The lowest BCUT2D eigenvalue weighted by Gasteiger charge is -2.26. The lowest BCUT2D eigenvalue weighted by atomic mass is 9.98. The highest BCUT2D eigenvalue weighted by Gasteiger charge is 2.24. The molecule has 0 atom stereocenters. The lowest BCUT2D eigenvalue weighted by Crippen LogP contribution is -2.10. The van der Waals surface area contributed by atoms with Crippen LogP contribution in [-0.2, 0) is 0 Å². The Morgan fingerprint density at radius 2 is 0.475 bits per heavy atom. The zero-order valence-corrected chi connectivity index (χ0v) is 66.2. The van der Waals surface area contributed by atoms with Crippen LogP contribution in [0, 0.1) is 0 Å². The Labute approximate surface area is 703 Å². The Hall–Kier alpha value is -16.6. The minimum atomic E-state index is 0.860. The molecule has 16 aromatic carbocycles. The lowest BCUT2D eigenvalue weighted by molar-refractivity contribution is 1.18. The Balaban J connectivity index is 0.000000142. The van der Waals surface area contributed by atoms with E-state index in [2.05, 4.69) is 428 Å². The third-order valence-corrected chi connectivity index (χ3v) is 23.9. The van der Waals surface area contributed by atoms with Gasteiger partial charge in [-0.2, -0.15) is 0 Å². The van der Waals surface area contributed by atoms with Crippen LogP contribution < -0.4 is 9.80 Å². The smallest absolute Gasteiger partial charge is 0.165 e. The van der Waals surface area contributed by atoms with Crippen LogP contribution in [0.15, 0.2) is 449 Å². The quantitative estimate of drug-likeness (QED) is 0.108. The maximum atomic E-state index is 5.28. The van der Waals surface area contributed by atoms with Crippen molar-refractivity contribution in [2.24, 2.45) is 0 Å². The molecule has 8 aromatic heterocycles. The number of para-hydroxylation sites is 4. The van der Waals surface area contributed by atoms with Crippen molar-refractivity contribution in [3.63, 3.8) is 0 Å². The van der Waals surface area contributed by atoms with Gasteiger partial charge in [0.1, 0.15) is 22.3 Å². The standard InChI is InChI=1S/2C56H37N5/c1-3-14-38(15-4-1)39-25-29-44(30-26-39)60(46-33-34-52-50(37-46)47-20-9-10-23-51(47)61(52)43-18-5-2-6-19-43)45-31-27-40(28-32-45)41-16-13-17-42(36-41)54-48-21-7-8-22-49(48)55-56(58-54)59-35-12-11-24-53(59)57-55;1-3-13-38(14-4-1)40-26-30-44(31-27-40)60(46-34-35-52-50(37-46)47-17-9-10-20-51(47)61(52)43-15-5-2-6-16-43)45-32-28-41(29-33-45)39-22-24-42(25-23-39)54-48-18-7-8-19-49(48)55-56(58-54)59-36-12-11-21-53(59)57-55/h2*1-37H. The molecule has 0 saturated carbocycles. The molecule has 0 aliphatic heterocycles. The van der Waals surface area contributed by atoms with Gasteiger partial charge in [0.15, 0.2) is 11.3 Å². The first kappa shape index (κ1) is 70.8. The normalized spacial score (nSPS) is 11.6. The molecule has 8 heterocycles. The van der Waals surface area contributed by atoms with Crippen molar-refractivity contribution in [2.75, 3.05) is 9.80 Å². The molecule has 0 amide bonds. The van der Waals surface area contributed by atoms with E-state index in [1.165, 1.54) is 65.9 Å². The fraction of sp³-hybridized carbons (Fsp3) is 0. The summed E-state index contributed by atoms with van der Waals surface area (Å²) in [6.45, 7) is 0. The predicted octanol–water partition coefficient (Wildman–Crippen LogP) is 29.2. The van der Waals surface area contributed by atoms with Gasteiger partial charge in [-0.3, -0.25) is 8.80 Å². The van der Waals surface area contributed by atoms with Gasteiger partial charge in [-0.15, -0.1) is 0 Å². The third-order valence-electron chi connectivity index (χ3n) is 23.9. The summed E-state index contributed by atoms with van der Waals surface area (Å²) in [4.78, 5) is 25.1. The fourth-order valence-corrected chi connectivity index (χ4v) is 18.0. The van der Waals surface area contributed by atoms with E-state index in [1.54, 1.807) is 0 Å². The van der Waals surface area contributed by atoms with Gasteiger partial charge in [0, 0.05) is 112 Å². The van der Waals surface area contributed by atoms with Gasteiger partial charge in [0.25, 0.3) is 0 Å². The van der Waals surface area contributed by atoms with Crippen molar-refractivity contribution in [1.29, 1.82) is 0 Å². The van der Waals surface area contributed by atoms with Gasteiger partial charge >= 0.3 is 0 Å². The van der Waals surface area contributed by atoms with E-state index in [1.807, 2.05) is 48.8 Å². The van der Waals surface area contributed by atoms with Crippen molar-refractivity contribution in [1.82, 2.24) is 37.9 Å². The van der Waals surface area contributed by atoms with Gasteiger partial charge in [-0.25, -0.2) is 19.9 Å². The number of hydrogen-bond acceptors (Lipinski definition) is 6. The molecule has 122 heavy (non-hydrogen) atoms. The molecule has 24 rings (SSSR count). The van der Waals surface area contributed by atoms with Crippen molar-refractivity contribution in [3.8, 4) is 78.4 Å². The second kappa shape index (κ2) is 29.9. The summed E-state index contributed by atoms with van der Waals surface area (Å²) in [7, 11) is 0. The summed E-state index contributed by atoms with van der Waals surface area (Å²) < 4.78 is 8.88. The summed E-state index contributed by atoms with van der Waals surface area (Å²) >= 11 is 0. The summed E-state index contributed by atoms with van der Waals surface area (Å²) in [6, 6.07) is 156. The number of aromatic nitrogens is 8. The molecule has 0 bridgehead atoms. The summed E-state index contributed by atoms with van der Waals surface area (Å²) in [6.07, 6.45) is 4.07. The van der Waals surface area contributed by atoms with Gasteiger partial charge < -0.3 is 18.9 Å². The molecule has 0 unspecified atom stereocenters. The summed E-state index contributed by atoms with van der Waals surface area (Å²) in [5.74, 6) is 0. The van der Waals surface area contributed by atoms with Crippen LogP contribution in [0.2, 0.25) is 0 Å². The van der Waals surface area contributed by atoms with E-state index in [-0.39, 0.29) is 0 Å². The van der Waals surface area contributed by atoms with E-state index in [0.717, 1.165) is 145 Å². The van der Waals surface area contributed by atoms with Crippen LogP contribution in [0.5, 0.6) is 0 Å². The van der Waals surface area contributed by atoms with Crippen molar-refractivity contribution in [2.45, 2.75) is 0 Å². The molecule has 10 nitrogen and oxygen atoms in total. The first-order valence-corrected chi connectivity index (χ1v) is 41.3. The van der Waals surface area contributed by atoms with E-state index >= 15 is 0 Å². The number of nitrogens with zero attached hydrogens (tertiary/aromatic N) is 10. The molecule has 572 valence electrons. The number of fused-ring (bicyclic) bond motifs is 16. The summed E-state index contributed by atoms with van der Waals surface area (Å²) in [5, 5.41) is 9.25. The van der Waals surface area contributed by atoms with Crippen LogP contribution in [-0.4, -0.2) is 37.9 Å². The zero-order chi connectivity index (χ0) is 80.6. The van der Waals surface area contributed by atoms with E-state index < -0.39 is 0 Å². The van der Waals surface area contributed by atoms with Crippen molar-refractivity contribution in [3.05, 3.63) is 449 Å². The number of rotatable bonds is 14. The maximum absolute atomic E-state index is 5.28. The van der Waals surface area contributed by atoms with Crippen LogP contribution in [0.3, 0.4) is 0 Å². The molecule has 10 heteroatoms. The maximum Gasteiger partial charge on any atom is 0.165 e. The molecular formula is C112H74N10. The first-order chi connectivity index (χ1) is 60.5. The second-order valence-corrected chi connectivity index (χ2v) is 31.0. The molecule has 0 fully saturated rings. The Kier molecular flexibility index (Phi) is 17.3. The largest absolute Gasteiger partial charge is 0.310 e. The topological polar surface area (TPSA) is 76.7 Å². The van der Waals surface area contributed by atoms with Crippen molar-refractivity contribution < 1.29 is 0 Å². The highest BCUT2D eigenvalue weighted by Crippen LogP contribution is 2.46. The van der Waals surface area contributed by atoms with Gasteiger partial charge in [0.2, 0.25) is 0 Å². The average molecular weight is 1560 g/mol. The van der Waals surface area contributed by atoms with E-state index in [4.69, 9.17) is 19.9 Å². The first-order valence-electron chi connectivity index (χ1n) is 41.3. The van der Waals surface area contributed by atoms with Crippen LogP contribution in [0.4, 0.5) is 34.1 Å². The molecule has 0 aliphatic carbocycles. The molecule has 0 N–H and O–H groups in total. The highest BCUT2D eigenvalue weighted by molar-refractivity contribution is 6.14. The number of imidazole rings is 2. The molecule has 0 spiro atoms. The van der Waals surface area contributed by atoms with Gasteiger partial charge in [0.05, 0.1) is 33.5 Å². The monoisotopic (exact) mass is 1560 g/mol. The number of anilines is 6. The summed E-state index contributed by atoms with van der Waals surface area (Å²) in [5.41, 5.74) is 32.2. The molecule has 0 saturated heterocycles. The second-order valence-electron chi connectivity index (χ2n) is 31.0. The number of pyridine rings is 4. The molecular weight excluding hydrogens is 1490 g/mol. The van der Waals surface area contributed by atoms with Gasteiger partial charge in [-0.1, -0.05) is 285 Å². The SMILES string of the molecule is c1ccc(-c2ccc(N(c3ccc(-c4ccc(-c5nc6c(nc7ccccn76)c6ccccc56)cc4)cc3)c3ccc4c(c3)c3ccccc3n4-c3ccccc3)cc2)cc1.c1ccc(-c2ccc(N(c3ccc(-c4cccc(-c5nc6c(nc7ccccn76)c6ccccc56)c4)cc3)c3ccc4c(c3)c3ccccc3n4-c3ccccc3)cc2)cc1. The van der Waals surface area contributed by atoms with E-state index in [9.17, 15) is 0 Å². The van der Waals surface area contributed by atoms with Crippen LogP contribution in [0.1, 0.15) is 0 Å². The van der Waals surface area contributed by atoms with E-state index in [0.29, 0.717) is 0 Å². The number of benzene rings is 16. The Morgan fingerprint density at radius 3 is 0.893 bits per heavy atom.